The highest BCUT2D eigenvalue weighted by Gasteiger charge is 2.25. The number of H-pyrrole nitrogens is 1. The van der Waals surface area contributed by atoms with Gasteiger partial charge in [-0.25, -0.2) is 0 Å². The number of amides is 1. The summed E-state index contributed by atoms with van der Waals surface area (Å²) in [6.07, 6.45) is 5.00. The maximum Gasteiger partial charge on any atom is 0.226 e. The zero-order chi connectivity index (χ0) is 16.4. The van der Waals surface area contributed by atoms with Crippen LogP contribution in [0, 0.1) is 0 Å². The fourth-order valence-electron chi connectivity index (χ4n) is 2.74. The summed E-state index contributed by atoms with van der Waals surface area (Å²) in [4.78, 5) is 14.1. The third kappa shape index (κ3) is 3.28. The van der Waals surface area contributed by atoms with Crippen molar-refractivity contribution in [1.29, 1.82) is 0 Å². The Morgan fingerprint density at radius 1 is 1.39 bits per heavy atom. The van der Waals surface area contributed by atoms with Crippen molar-refractivity contribution in [2.24, 2.45) is 0 Å². The van der Waals surface area contributed by atoms with E-state index in [1.165, 1.54) is 0 Å². The minimum Gasteiger partial charge on any atom is -0.338 e. The van der Waals surface area contributed by atoms with Gasteiger partial charge in [0.15, 0.2) is 0 Å². The molecule has 1 aromatic carbocycles. The molecule has 1 amide bonds. The highest BCUT2D eigenvalue weighted by molar-refractivity contribution is 6.42. The molecule has 120 valence electrons. The Labute approximate surface area is 145 Å². The van der Waals surface area contributed by atoms with E-state index in [1.807, 2.05) is 30.0 Å². The molecule has 0 fully saturated rings. The predicted molar refractivity (Wildman–Crippen MR) is 92.6 cm³/mol. The van der Waals surface area contributed by atoms with E-state index in [2.05, 4.69) is 10.2 Å². The minimum absolute atomic E-state index is 0.134. The van der Waals surface area contributed by atoms with Crippen LogP contribution in [0.4, 0.5) is 0 Å². The van der Waals surface area contributed by atoms with Gasteiger partial charge in [-0.1, -0.05) is 41.4 Å². The monoisotopic (exact) mass is 349 g/mol. The third-order valence-electron chi connectivity index (χ3n) is 4.01. The number of aromatic amines is 1. The summed E-state index contributed by atoms with van der Waals surface area (Å²) < 4.78 is 0. The maximum absolute atomic E-state index is 12.2. The lowest BCUT2D eigenvalue weighted by Crippen LogP contribution is -2.35. The number of nitrogens with one attached hydrogen (secondary N) is 1. The van der Waals surface area contributed by atoms with Crippen LogP contribution in [0.25, 0.3) is 11.3 Å². The number of aromatic nitrogens is 2. The molecule has 1 aromatic heterocycles. The third-order valence-corrected chi connectivity index (χ3v) is 4.75. The van der Waals surface area contributed by atoms with Crippen molar-refractivity contribution in [3.05, 3.63) is 51.7 Å². The van der Waals surface area contributed by atoms with Gasteiger partial charge in [0, 0.05) is 42.8 Å². The van der Waals surface area contributed by atoms with Crippen molar-refractivity contribution >= 4 is 29.1 Å². The number of hydrogen-bond donors (Lipinski definition) is 1. The molecule has 0 radical (unpaired) electrons. The van der Waals surface area contributed by atoms with Crippen LogP contribution in [0.3, 0.4) is 0 Å². The number of fused-ring (bicyclic) bond motifs is 1. The molecule has 1 N–H and O–H groups in total. The van der Waals surface area contributed by atoms with E-state index in [4.69, 9.17) is 23.2 Å². The van der Waals surface area contributed by atoms with Crippen LogP contribution in [0.15, 0.2) is 30.4 Å². The molecule has 2 aromatic rings. The number of carbonyl (C=O) groups is 1. The van der Waals surface area contributed by atoms with Crippen LogP contribution < -0.4 is 0 Å². The van der Waals surface area contributed by atoms with Crippen molar-refractivity contribution in [2.75, 3.05) is 6.54 Å². The molecule has 0 saturated heterocycles. The number of hydrogen-bond acceptors (Lipinski definition) is 2. The van der Waals surface area contributed by atoms with Gasteiger partial charge < -0.3 is 4.90 Å². The van der Waals surface area contributed by atoms with Crippen LogP contribution in [0.1, 0.15) is 24.6 Å². The van der Waals surface area contributed by atoms with E-state index in [9.17, 15) is 4.79 Å². The average Bonchev–Trinajstić information content (AvgIpc) is 2.98. The summed E-state index contributed by atoms with van der Waals surface area (Å²) in [6.45, 7) is 3.20. The van der Waals surface area contributed by atoms with Gasteiger partial charge in [0.2, 0.25) is 5.91 Å². The number of nitrogens with zero attached hydrogens (tertiary/aromatic N) is 2. The Morgan fingerprint density at radius 3 is 2.96 bits per heavy atom. The van der Waals surface area contributed by atoms with Gasteiger partial charge in [-0.2, -0.15) is 5.10 Å². The first-order valence-corrected chi connectivity index (χ1v) is 8.26. The van der Waals surface area contributed by atoms with Crippen LogP contribution in [0.5, 0.6) is 0 Å². The molecule has 2 heterocycles. The average molecular weight is 350 g/mol. The lowest BCUT2D eigenvalue weighted by atomic mass is 10.0. The minimum atomic E-state index is 0.134. The van der Waals surface area contributed by atoms with E-state index >= 15 is 0 Å². The molecule has 3 rings (SSSR count). The molecule has 0 unspecified atom stereocenters. The van der Waals surface area contributed by atoms with Crippen molar-refractivity contribution in [3.8, 4) is 11.3 Å². The second-order valence-electron chi connectivity index (χ2n) is 5.50. The quantitative estimate of drug-likeness (QED) is 0.842. The standard InChI is InChI=1S/C17H17Cl2N3O/c1-2-3-4-16(23)22-8-7-15-12(10-22)17(21-20-15)11-5-6-13(18)14(19)9-11/h2-3,5-6,9H,4,7-8,10H2,1H3,(H,20,21)/b3-2+. The van der Waals surface area contributed by atoms with Gasteiger partial charge in [0.1, 0.15) is 0 Å². The lowest BCUT2D eigenvalue weighted by Gasteiger charge is -2.27. The fraction of sp³-hybridized carbons (Fsp3) is 0.294. The molecule has 0 aliphatic carbocycles. The lowest BCUT2D eigenvalue weighted by molar-refractivity contribution is -0.131. The Balaban J connectivity index is 1.88. The van der Waals surface area contributed by atoms with Crippen molar-refractivity contribution in [1.82, 2.24) is 15.1 Å². The summed E-state index contributed by atoms with van der Waals surface area (Å²) in [5.74, 6) is 0.134. The van der Waals surface area contributed by atoms with Crippen LogP contribution >= 0.6 is 23.2 Å². The van der Waals surface area contributed by atoms with Gasteiger partial charge in [-0.05, 0) is 19.1 Å². The number of allylic oxidation sites excluding steroid dienone is 1. The molecule has 1 aliphatic rings. The van der Waals surface area contributed by atoms with Gasteiger partial charge in [0.05, 0.1) is 15.7 Å². The first kappa shape index (κ1) is 16.1. The highest BCUT2D eigenvalue weighted by atomic mass is 35.5. The van der Waals surface area contributed by atoms with E-state index in [-0.39, 0.29) is 5.91 Å². The second-order valence-corrected chi connectivity index (χ2v) is 6.31. The van der Waals surface area contributed by atoms with Gasteiger partial charge in [-0.3, -0.25) is 9.89 Å². The molecular weight excluding hydrogens is 333 g/mol. The molecule has 0 atom stereocenters. The topological polar surface area (TPSA) is 49.0 Å². The molecule has 4 nitrogen and oxygen atoms in total. The molecular formula is C17H17Cl2N3O. The van der Waals surface area contributed by atoms with Gasteiger partial charge >= 0.3 is 0 Å². The Morgan fingerprint density at radius 2 is 2.22 bits per heavy atom. The highest BCUT2D eigenvalue weighted by Crippen LogP contribution is 2.32. The molecule has 0 bridgehead atoms. The molecule has 23 heavy (non-hydrogen) atoms. The van der Waals surface area contributed by atoms with E-state index < -0.39 is 0 Å². The molecule has 6 heteroatoms. The predicted octanol–water partition coefficient (Wildman–Crippen LogP) is 4.23. The molecule has 0 saturated carbocycles. The maximum atomic E-state index is 12.2. The largest absolute Gasteiger partial charge is 0.338 e. The summed E-state index contributed by atoms with van der Waals surface area (Å²) >= 11 is 12.1. The molecule has 0 spiro atoms. The van der Waals surface area contributed by atoms with Crippen molar-refractivity contribution in [2.45, 2.75) is 26.3 Å². The smallest absolute Gasteiger partial charge is 0.226 e. The zero-order valence-electron chi connectivity index (χ0n) is 12.8. The SMILES string of the molecule is C/C=C/CC(=O)N1CCc2[nH]nc(-c3ccc(Cl)c(Cl)c3)c2C1. The summed E-state index contributed by atoms with van der Waals surface area (Å²) in [5.41, 5.74) is 3.88. The Kier molecular flexibility index (Phi) is 4.74. The fourth-order valence-corrected chi connectivity index (χ4v) is 3.04. The zero-order valence-corrected chi connectivity index (χ0v) is 14.3. The summed E-state index contributed by atoms with van der Waals surface area (Å²) in [6, 6.07) is 5.46. The van der Waals surface area contributed by atoms with Gasteiger partial charge in [-0.15, -0.1) is 0 Å². The van der Waals surface area contributed by atoms with Crippen LogP contribution in [-0.2, 0) is 17.8 Å². The second kappa shape index (κ2) is 6.77. The number of halogens is 2. The first-order chi connectivity index (χ1) is 11.1. The number of carbonyl (C=O) groups excluding carboxylic acids is 1. The van der Waals surface area contributed by atoms with Crippen LogP contribution in [0.2, 0.25) is 10.0 Å². The normalized spacial score (nSPS) is 14.3. The van der Waals surface area contributed by atoms with E-state index in [1.54, 1.807) is 12.1 Å². The Hall–Kier alpha value is -1.78. The van der Waals surface area contributed by atoms with Gasteiger partial charge in [0.25, 0.3) is 0 Å². The van der Waals surface area contributed by atoms with Crippen molar-refractivity contribution < 1.29 is 4.79 Å². The summed E-state index contributed by atoms with van der Waals surface area (Å²) in [5, 5.41) is 8.51. The molecule has 1 aliphatic heterocycles. The van der Waals surface area contributed by atoms with Crippen molar-refractivity contribution in [3.63, 3.8) is 0 Å². The van der Waals surface area contributed by atoms with E-state index in [0.29, 0.717) is 29.6 Å². The summed E-state index contributed by atoms with van der Waals surface area (Å²) in [7, 11) is 0. The van der Waals surface area contributed by atoms with Crippen LogP contribution in [-0.4, -0.2) is 27.5 Å². The first-order valence-electron chi connectivity index (χ1n) is 7.50. The van der Waals surface area contributed by atoms with E-state index in [0.717, 1.165) is 28.9 Å². The number of benzene rings is 1. The Bertz CT molecular complexity index is 767. The number of rotatable bonds is 3.